The summed E-state index contributed by atoms with van der Waals surface area (Å²) in [6.07, 6.45) is 28.9. The second-order valence-electron chi connectivity index (χ2n) is 5.98. The van der Waals surface area contributed by atoms with Gasteiger partial charge in [-0.05, 0) is 51.4 Å². The van der Waals surface area contributed by atoms with Crippen molar-refractivity contribution in [3.63, 3.8) is 0 Å². The minimum Gasteiger partial charge on any atom is -0.299 e. The Morgan fingerprint density at radius 1 is 0.720 bits per heavy atom. The molecule has 0 saturated carbocycles. The molecule has 0 heterocycles. The normalized spacial score (nSPS) is 12.2. The van der Waals surface area contributed by atoms with E-state index in [1.807, 2.05) is 0 Å². The van der Waals surface area contributed by atoms with Gasteiger partial charge in [0.1, 0.15) is 0 Å². The third-order valence-corrected chi connectivity index (χ3v) is 3.48. The fraction of sp³-hybridized carbons (Fsp3) is 0.591. The number of rotatable bonds is 16. The van der Waals surface area contributed by atoms with Crippen molar-refractivity contribution in [2.45, 2.75) is 78.1 Å². The average molecular weight is 349 g/mol. The molecule has 0 radical (unpaired) electrons. The molecular formula is C22H36O3. The summed E-state index contributed by atoms with van der Waals surface area (Å²) in [5.74, 6) is -0.402. The minimum absolute atomic E-state index is 0.402. The Labute approximate surface area is 154 Å². The van der Waals surface area contributed by atoms with E-state index in [4.69, 9.17) is 4.89 Å². The Kier molecular flexibility index (Phi) is 19.1. The molecule has 142 valence electrons. The predicted octanol–water partition coefficient (Wildman–Crippen LogP) is 6.63. The molecule has 0 unspecified atom stereocenters. The first-order valence-corrected chi connectivity index (χ1v) is 9.67. The van der Waals surface area contributed by atoms with Crippen LogP contribution in [0, 0.1) is 0 Å². The molecule has 0 aliphatic carbocycles. The van der Waals surface area contributed by atoms with E-state index in [0.717, 1.165) is 38.5 Å². The second kappa shape index (κ2) is 20.4. The topological polar surface area (TPSA) is 35.5 Å². The third kappa shape index (κ3) is 22.4. The van der Waals surface area contributed by atoms with Crippen molar-refractivity contribution < 1.29 is 14.6 Å². The largest absolute Gasteiger partial charge is 0.339 e. The fourth-order valence-corrected chi connectivity index (χ4v) is 2.11. The van der Waals surface area contributed by atoms with Crippen LogP contribution in [-0.2, 0) is 14.6 Å². The summed E-state index contributed by atoms with van der Waals surface area (Å²) < 4.78 is 0. The van der Waals surface area contributed by atoms with Crippen LogP contribution in [0.4, 0.5) is 0 Å². The number of carbonyl (C=O) groups excluding carboxylic acids is 1. The lowest BCUT2D eigenvalue weighted by Crippen LogP contribution is -2.01. The van der Waals surface area contributed by atoms with E-state index in [2.05, 4.69) is 60.4 Å². The molecule has 0 rings (SSSR count). The molecule has 0 atom stereocenters. The monoisotopic (exact) mass is 348 g/mol. The van der Waals surface area contributed by atoms with Gasteiger partial charge in [-0.2, -0.15) is 4.89 Å². The molecule has 0 aliphatic heterocycles. The molecule has 0 aromatic rings. The Hall–Kier alpha value is -1.61. The van der Waals surface area contributed by atoms with Crippen LogP contribution in [0.3, 0.4) is 0 Å². The molecule has 0 fully saturated rings. The quantitative estimate of drug-likeness (QED) is 0.136. The average Bonchev–Trinajstić information content (AvgIpc) is 2.60. The number of hydrogen-bond donors (Lipinski definition) is 0. The maximum atomic E-state index is 10.5. The van der Waals surface area contributed by atoms with Gasteiger partial charge in [-0.3, -0.25) is 4.89 Å². The fourth-order valence-electron chi connectivity index (χ4n) is 2.11. The predicted molar refractivity (Wildman–Crippen MR) is 106 cm³/mol. The third-order valence-electron chi connectivity index (χ3n) is 3.48. The highest BCUT2D eigenvalue weighted by Crippen LogP contribution is 2.01. The number of unbranched alkanes of at least 4 members (excludes halogenated alkanes) is 5. The molecule has 3 nitrogen and oxygen atoms in total. The molecule has 0 aromatic carbocycles. The van der Waals surface area contributed by atoms with Crippen LogP contribution in [-0.4, -0.2) is 12.6 Å². The highest BCUT2D eigenvalue weighted by Gasteiger charge is 1.92. The summed E-state index contributed by atoms with van der Waals surface area (Å²) in [4.78, 5) is 19.6. The Morgan fingerprint density at radius 2 is 1.20 bits per heavy atom. The number of carbonyl (C=O) groups is 1. The summed E-state index contributed by atoms with van der Waals surface area (Å²) in [6, 6.07) is 0. The Balaban J connectivity index is 3.36. The van der Waals surface area contributed by atoms with E-state index in [1.165, 1.54) is 32.6 Å². The van der Waals surface area contributed by atoms with Gasteiger partial charge in [-0.25, -0.2) is 4.79 Å². The SMILES string of the molecule is CCCCC/C=C/C/C=C/C/C=C/C/C=C/CCCCOOC(C)=O. The lowest BCUT2D eigenvalue weighted by molar-refractivity contribution is -0.270. The molecule has 0 bridgehead atoms. The summed E-state index contributed by atoms with van der Waals surface area (Å²) in [5, 5.41) is 0. The molecule has 0 amide bonds. The Bertz CT molecular complexity index is 405. The van der Waals surface area contributed by atoms with Crippen LogP contribution in [0.1, 0.15) is 78.1 Å². The molecular weight excluding hydrogens is 312 g/mol. The van der Waals surface area contributed by atoms with Gasteiger partial charge in [0.15, 0.2) is 0 Å². The van der Waals surface area contributed by atoms with E-state index in [-0.39, 0.29) is 0 Å². The van der Waals surface area contributed by atoms with Crippen LogP contribution in [0.15, 0.2) is 48.6 Å². The van der Waals surface area contributed by atoms with Crippen molar-refractivity contribution >= 4 is 5.97 Å². The van der Waals surface area contributed by atoms with Crippen molar-refractivity contribution in [1.29, 1.82) is 0 Å². The van der Waals surface area contributed by atoms with Crippen molar-refractivity contribution in [3.8, 4) is 0 Å². The van der Waals surface area contributed by atoms with E-state index in [1.54, 1.807) is 0 Å². The van der Waals surface area contributed by atoms with E-state index < -0.39 is 5.97 Å². The first-order valence-electron chi connectivity index (χ1n) is 9.67. The molecule has 0 spiro atoms. The second-order valence-corrected chi connectivity index (χ2v) is 5.98. The van der Waals surface area contributed by atoms with Crippen molar-refractivity contribution in [3.05, 3.63) is 48.6 Å². The molecule has 25 heavy (non-hydrogen) atoms. The lowest BCUT2D eigenvalue weighted by atomic mass is 10.2. The maximum Gasteiger partial charge on any atom is 0.339 e. The van der Waals surface area contributed by atoms with Crippen LogP contribution in [0.25, 0.3) is 0 Å². The smallest absolute Gasteiger partial charge is 0.299 e. The van der Waals surface area contributed by atoms with Gasteiger partial charge >= 0.3 is 5.97 Å². The van der Waals surface area contributed by atoms with Gasteiger partial charge < -0.3 is 0 Å². The lowest BCUT2D eigenvalue weighted by Gasteiger charge is -1.99. The van der Waals surface area contributed by atoms with Gasteiger partial charge in [0.05, 0.1) is 6.61 Å². The van der Waals surface area contributed by atoms with Crippen molar-refractivity contribution in [2.75, 3.05) is 6.61 Å². The molecule has 0 saturated heterocycles. The Morgan fingerprint density at radius 3 is 1.68 bits per heavy atom. The summed E-state index contributed by atoms with van der Waals surface area (Å²) in [5.41, 5.74) is 0. The van der Waals surface area contributed by atoms with E-state index in [9.17, 15) is 4.79 Å². The van der Waals surface area contributed by atoms with Gasteiger partial charge in [0.2, 0.25) is 0 Å². The molecule has 3 heteroatoms. The van der Waals surface area contributed by atoms with Crippen molar-refractivity contribution in [2.24, 2.45) is 0 Å². The summed E-state index contributed by atoms with van der Waals surface area (Å²) in [6.45, 7) is 4.04. The van der Waals surface area contributed by atoms with Crippen LogP contribution in [0.5, 0.6) is 0 Å². The highest BCUT2D eigenvalue weighted by molar-refractivity contribution is 5.65. The summed E-state index contributed by atoms with van der Waals surface area (Å²) >= 11 is 0. The maximum absolute atomic E-state index is 10.5. The number of hydrogen-bond acceptors (Lipinski definition) is 3. The zero-order valence-corrected chi connectivity index (χ0v) is 16.1. The van der Waals surface area contributed by atoms with Gasteiger partial charge in [0.25, 0.3) is 0 Å². The van der Waals surface area contributed by atoms with Crippen LogP contribution < -0.4 is 0 Å². The van der Waals surface area contributed by atoms with Gasteiger partial charge in [-0.15, -0.1) is 0 Å². The first-order chi connectivity index (χ1) is 12.3. The minimum atomic E-state index is -0.402. The summed E-state index contributed by atoms with van der Waals surface area (Å²) in [7, 11) is 0. The first kappa shape index (κ1) is 23.4. The van der Waals surface area contributed by atoms with Gasteiger partial charge in [-0.1, -0.05) is 68.4 Å². The molecule has 0 aliphatic rings. The molecule has 0 aromatic heterocycles. The standard InChI is InChI=1S/C22H36O3/c1-3-4-5-6-7-8-9-10-11-12-13-14-15-16-17-18-19-20-21-24-25-22(2)23/h7-8,10-11,13-14,16-17H,3-6,9,12,15,18-21H2,1-2H3/b8-7+,11-10+,14-13+,17-16+. The zero-order valence-electron chi connectivity index (χ0n) is 16.1. The van der Waals surface area contributed by atoms with E-state index in [0.29, 0.717) is 6.61 Å². The number of allylic oxidation sites excluding steroid dienone is 8. The van der Waals surface area contributed by atoms with Crippen LogP contribution >= 0.6 is 0 Å². The highest BCUT2D eigenvalue weighted by atomic mass is 17.2. The molecule has 0 N–H and O–H groups in total. The van der Waals surface area contributed by atoms with Crippen LogP contribution in [0.2, 0.25) is 0 Å². The van der Waals surface area contributed by atoms with Crippen molar-refractivity contribution in [1.82, 2.24) is 0 Å². The van der Waals surface area contributed by atoms with E-state index >= 15 is 0 Å². The zero-order chi connectivity index (χ0) is 18.4. The van der Waals surface area contributed by atoms with Gasteiger partial charge in [0, 0.05) is 6.92 Å².